The number of nitrogens with zero attached hydrogens (tertiary/aromatic N) is 4. The number of hydrogen-bond acceptors (Lipinski definition) is 8. The molecule has 1 N–H and O–H groups in total. The Labute approximate surface area is 249 Å². The zero-order valence-electron chi connectivity index (χ0n) is 24.0. The summed E-state index contributed by atoms with van der Waals surface area (Å²) in [7, 11) is 3.16. The quantitative estimate of drug-likeness (QED) is 0.322. The molecule has 1 saturated heterocycles. The lowest BCUT2D eigenvalue weighted by Crippen LogP contribution is -2.50. The van der Waals surface area contributed by atoms with E-state index in [1.165, 1.54) is 0 Å². The molecule has 1 aromatic heterocycles. The molecular formula is C33H32N4O6. The van der Waals surface area contributed by atoms with Crippen LogP contribution in [0.1, 0.15) is 29.5 Å². The van der Waals surface area contributed by atoms with Crippen molar-refractivity contribution in [2.24, 2.45) is 0 Å². The Morgan fingerprint density at radius 3 is 2.40 bits per heavy atom. The molecule has 6 rings (SSSR count). The van der Waals surface area contributed by atoms with E-state index in [0.717, 1.165) is 16.7 Å². The van der Waals surface area contributed by atoms with Crippen molar-refractivity contribution in [3.05, 3.63) is 95.6 Å². The van der Waals surface area contributed by atoms with Crippen LogP contribution >= 0.6 is 0 Å². The monoisotopic (exact) mass is 580 g/mol. The van der Waals surface area contributed by atoms with Gasteiger partial charge in [-0.15, -0.1) is 10.2 Å². The van der Waals surface area contributed by atoms with E-state index in [1.807, 2.05) is 54.6 Å². The third-order valence-electron chi connectivity index (χ3n) is 8.28. The van der Waals surface area contributed by atoms with Crippen molar-refractivity contribution in [2.75, 3.05) is 32.2 Å². The first kappa shape index (κ1) is 28.0. The number of phenols is 1. The molecule has 0 aliphatic carbocycles. The van der Waals surface area contributed by atoms with Crippen LogP contribution in [-0.2, 0) is 28.1 Å². The van der Waals surface area contributed by atoms with Gasteiger partial charge in [-0.3, -0.25) is 9.69 Å². The van der Waals surface area contributed by atoms with Crippen LogP contribution in [0.2, 0.25) is 0 Å². The standard InChI is InChI=1S/C33H32N4O6/c1-41-24-13-12-23(29(18-24)42-2)20-37-30-26(19-27(34-35-30)25-10-6-7-11-28(25)38)33(31(37)39)14-16-36(17-15-33)32(40)43-21-22-8-4-3-5-9-22/h3-13,18-19,38H,14-17,20-21H2,1-2H3. The predicted molar refractivity (Wildman–Crippen MR) is 159 cm³/mol. The average molecular weight is 581 g/mol. The average Bonchev–Trinajstić information content (AvgIpc) is 3.26. The Bertz CT molecular complexity index is 1650. The number of ether oxygens (including phenoxy) is 3. The number of aromatic hydroxyl groups is 1. The first-order valence-electron chi connectivity index (χ1n) is 14.1. The lowest BCUT2D eigenvalue weighted by atomic mass is 9.74. The molecule has 43 heavy (non-hydrogen) atoms. The lowest BCUT2D eigenvalue weighted by molar-refractivity contribution is -0.125. The number of amides is 2. The fourth-order valence-electron chi connectivity index (χ4n) is 5.89. The number of para-hydroxylation sites is 1. The molecule has 3 heterocycles. The van der Waals surface area contributed by atoms with Crippen LogP contribution in [0.25, 0.3) is 11.3 Å². The number of methoxy groups -OCH3 is 2. The van der Waals surface area contributed by atoms with E-state index in [9.17, 15) is 14.7 Å². The summed E-state index contributed by atoms with van der Waals surface area (Å²) in [6.07, 6.45) is 0.370. The van der Waals surface area contributed by atoms with E-state index < -0.39 is 11.5 Å². The summed E-state index contributed by atoms with van der Waals surface area (Å²) >= 11 is 0. The molecule has 0 unspecified atom stereocenters. The van der Waals surface area contributed by atoms with Crippen LogP contribution in [0.5, 0.6) is 17.2 Å². The third-order valence-corrected chi connectivity index (χ3v) is 8.28. The number of piperidine rings is 1. The minimum absolute atomic E-state index is 0.0749. The summed E-state index contributed by atoms with van der Waals surface area (Å²) in [5.74, 6) is 1.66. The van der Waals surface area contributed by atoms with Crippen molar-refractivity contribution in [1.82, 2.24) is 15.1 Å². The minimum atomic E-state index is -0.916. The molecule has 2 amide bonds. The summed E-state index contributed by atoms with van der Waals surface area (Å²) < 4.78 is 16.5. The van der Waals surface area contributed by atoms with Crippen LogP contribution in [0.15, 0.2) is 78.9 Å². The SMILES string of the molecule is COc1ccc(CN2C(=O)C3(CCN(C(=O)OCc4ccccc4)CC3)c3cc(-c4ccccc4O)nnc32)c(OC)c1. The second kappa shape index (κ2) is 11.6. The number of carbonyl (C=O) groups is 2. The smallest absolute Gasteiger partial charge is 0.410 e. The second-order valence-electron chi connectivity index (χ2n) is 10.7. The highest BCUT2D eigenvalue weighted by Gasteiger charge is 2.54. The highest BCUT2D eigenvalue weighted by atomic mass is 16.6. The molecule has 0 radical (unpaired) electrons. The van der Waals surface area contributed by atoms with Crippen molar-refractivity contribution < 1.29 is 28.9 Å². The Morgan fingerprint density at radius 2 is 1.67 bits per heavy atom. The number of benzene rings is 3. The molecule has 1 spiro atoms. The van der Waals surface area contributed by atoms with Gasteiger partial charge in [0.15, 0.2) is 5.82 Å². The zero-order chi connectivity index (χ0) is 30.0. The van der Waals surface area contributed by atoms with Crippen LogP contribution in [0, 0.1) is 0 Å². The van der Waals surface area contributed by atoms with E-state index in [2.05, 4.69) is 10.2 Å². The van der Waals surface area contributed by atoms with Crippen molar-refractivity contribution in [3.8, 4) is 28.5 Å². The van der Waals surface area contributed by atoms with Gasteiger partial charge in [-0.2, -0.15) is 0 Å². The molecule has 2 aliphatic heterocycles. The van der Waals surface area contributed by atoms with E-state index in [1.54, 1.807) is 48.3 Å². The van der Waals surface area contributed by atoms with E-state index in [4.69, 9.17) is 14.2 Å². The molecule has 0 saturated carbocycles. The molecule has 10 nitrogen and oxygen atoms in total. The number of fused-ring (bicyclic) bond motifs is 2. The third kappa shape index (κ3) is 5.20. The topological polar surface area (TPSA) is 114 Å². The molecule has 4 aromatic rings. The Morgan fingerprint density at radius 1 is 0.930 bits per heavy atom. The van der Waals surface area contributed by atoms with Crippen molar-refractivity contribution >= 4 is 17.8 Å². The maximum atomic E-state index is 14.4. The largest absolute Gasteiger partial charge is 0.507 e. The summed E-state index contributed by atoms with van der Waals surface area (Å²) in [6.45, 7) is 1.08. The highest BCUT2D eigenvalue weighted by molar-refractivity contribution is 6.07. The number of hydrogen-bond donors (Lipinski definition) is 1. The first-order valence-corrected chi connectivity index (χ1v) is 14.1. The highest BCUT2D eigenvalue weighted by Crippen LogP contribution is 2.49. The van der Waals surface area contributed by atoms with Gasteiger partial charge in [-0.25, -0.2) is 4.79 Å². The zero-order valence-corrected chi connectivity index (χ0v) is 24.0. The Kier molecular flexibility index (Phi) is 7.58. The van der Waals surface area contributed by atoms with E-state index >= 15 is 0 Å². The summed E-state index contributed by atoms with van der Waals surface area (Å²) in [4.78, 5) is 30.6. The predicted octanol–water partition coefficient (Wildman–Crippen LogP) is 5.08. The molecule has 3 aromatic carbocycles. The van der Waals surface area contributed by atoms with Gasteiger partial charge in [0.25, 0.3) is 0 Å². The van der Waals surface area contributed by atoms with Gasteiger partial charge in [-0.1, -0.05) is 42.5 Å². The van der Waals surface area contributed by atoms with Gasteiger partial charge in [0.05, 0.1) is 31.9 Å². The number of carbonyl (C=O) groups excluding carboxylic acids is 2. The first-order chi connectivity index (χ1) is 20.9. The number of likely N-dealkylation sites (tertiary alicyclic amines) is 1. The Balaban J connectivity index is 1.31. The maximum Gasteiger partial charge on any atom is 0.410 e. The second-order valence-corrected chi connectivity index (χ2v) is 10.7. The number of aromatic nitrogens is 2. The molecule has 0 bridgehead atoms. The molecule has 10 heteroatoms. The summed E-state index contributed by atoms with van der Waals surface area (Å²) in [5, 5.41) is 19.5. The van der Waals surface area contributed by atoms with Gasteiger partial charge in [0, 0.05) is 35.8 Å². The van der Waals surface area contributed by atoms with Gasteiger partial charge in [-0.05, 0) is 48.7 Å². The van der Waals surface area contributed by atoms with Gasteiger partial charge in [0.1, 0.15) is 23.9 Å². The molecular weight excluding hydrogens is 548 g/mol. The van der Waals surface area contributed by atoms with E-state index in [0.29, 0.717) is 54.5 Å². The van der Waals surface area contributed by atoms with Crippen LogP contribution in [0.4, 0.5) is 10.6 Å². The number of rotatable bonds is 7. The number of anilines is 1. The molecule has 1 fully saturated rings. The lowest BCUT2D eigenvalue weighted by Gasteiger charge is -2.37. The van der Waals surface area contributed by atoms with Gasteiger partial charge < -0.3 is 24.2 Å². The molecule has 2 aliphatic rings. The summed E-state index contributed by atoms with van der Waals surface area (Å²) in [5.41, 5.74) is 2.50. The summed E-state index contributed by atoms with van der Waals surface area (Å²) in [6, 6.07) is 23.7. The Hall–Kier alpha value is -5.12. The fourth-order valence-corrected chi connectivity index (χ4v) is 5.89. The van der Waals surface area contributed by atoms with Crippen LogP contribution in [0.3, 0.4) is 0 Å². The van der Waals surface area contributed by atoms with Crippen molar-refractivity contribution in [3.63, 3.8) is 0 Å². The number of phenolic OH excluding ortho intramolecular Hbond substituents is 1. The van der Waals surface area contributed by atoms with Crippen molar-refractivity contribution in [2.45, 2.75) is 31.4 Å². The van der Waals surface area contributed by atoms with E-state index in [-0.39, 0.29) is 24.8 Å². The maximum absolute atomic E-state index is 14.4. The van der Waals surface area contributed by atoms with Crippen molar-refractivity contribution in [1.29, 1.82) is 0 Å². The van der Waals surface area contributed by atoms with Gasteiger partial charge in [0.2, 0.25) is 5.91 Å². The molecule has 0 atom stereocenters. The van der Waals surface area contributed by atoms with Crippen LogP contribution < -0.4 is 14.4 Å². The molecule has 220 valence electrons. The normalized spacial score (nSPS) is 15.3. The van der Waals surface area contributed by atoms with Crippen LogP contribution in [-0.4, -0.2) is 59.5 Å². The minimum Gasteiger partial charge on any atom is -0.507 e. The fraction of sp³-hybridized carbons (Fsp3) is 0.273. The van der Waals surface area contributed by atoms with Gasteiger partial charge >= 0.3 is 6.09 Å².